The Kier molecular flexibility index (Phi) is 3.62. The Hall–Kier alpha value is -1.88. The molecule has 5 nitrogen and oxygen atoms in total. The predicted molar refractivity (Wildman–Crippen MR) is 70.8 cm³/mol. The van der Waals surface area contributed by atoms with E-state index in [2.05, 4.69) is 5.10 Å². The number of benzene rings is 1. The molecule has 0 saturated carbocycles. The molecular weight excluding hydrogens is 230 g/mol. The van der Waals surface area contributed by atoms with E-state index in [1.807, 2.05) is 25.1 Å². The zero-order valence-electron chi connectivity index (χ0n) is 10.6. The van der Waals surface area contributed by atoms with Gasteiger partial charge in [0.1, 0.15) is 5.75 Å². The number of anilines is 1. The molecule has 1 aliphatic heterocycles. The van der Waals surface area contributed by atoms with Gasteiger partial charge >= 0.3 is 0 Å². The van der Waals surface area contributed by atoms with Gasteiger partial charge in [-0.3, -0.25) is 4.79 Å². The number of amides is 1. The van der Waals surface area contributed by atoms with Gasteiger partial charge in [-0.2, -0.15) is 5.10 Å². The Morgan fingerprint density at radius 1 is 1.50 bits per heavy atom. The quantitative estimate of drug-likeness (QED) is 0.874. The fourth-order valence-corrected chi connectivity index (χ4v) is 2.03. The minimum Gasteiger partial charge on any atom is -0.497 e. The SMILES string of the molecule is COc1cccc(N2N=C(C)C(CCN)C2=O)c1. The first-order chi connectivity index (χ1) is 8.67. The molecule has 0 aliphatic carbocycles. The third-order valence-electron chi connectivity index (χ3n) is 3.02. The van der Waals surface area contributed by atoms with E-state index in [-0.39, 0.29) is 11.8 Å². The molecule has 18 heavy (non-hydrogen) atoms. The summed E-state index contributed by atoms with van der Waals surface area (Å²) < 4.78 is 5.14. The van der Waals surface area contributed by atoms with Gasteiger partial charge in [-0.25, -0.2) is 5.01 Å². The lowest BCUT2D eigenvalue weighted by Crippen LogP contribution is -2.28. The maximum atomic E-state index is 12.2. The summed E-state index contributed by atoms with van der Waals surface area (Å²) >= 11 is 0. The van der Waals surface area contributed by atoms with E-state index < -0.39 is 0 Å². The molecule has 0 bridgehead atoms. The highest BCUT2D eigenvalue weighted by atomic mass is 16.5. The predicted octanol–water partition coefficient (Wildman–Crippen LogP) is 1.38. The summed E-state index contributed by atoms with van der Waals surface area (Å²) in [4.78, 5) is 12.2. The van der Waals surface area contributed by atoms with Crippen molar-refractivity contribution >= 4 is 17.3 Å². The number of hydrazone groups is 1. The first-order valence-electron chi connectivity index (χ1n) is 5.90. The smallest absolute Gasteiger partial charge is 0.256 e. The number of hydrogen-bond acceptors (Lipinski definition) is 4. The molecule has 1 atom stereocenters. The van der Waals surface area contributed by atoms with Gasteiger partial charge in [-0.1, -0.05) is 6.07 Å². The van der Waals surface area contributed by atoms with Crippen molar-refractivity contribution in [2.45, 2.75) is 13.3 Å². The number of hydrogen-bond donors (Lipinski definition) is 1. The minimum atomic E-state index is -0.193. The number of carbonyl (C=O) groups excluding carboxylic acids is 1. The molecule has 0 spiro atoms. The molecule has 0 fully saturated rings. The molecule has 0 radical (unpaired) electrons. The highest BCUT2D eigenvalue weighted by Gasteiger charge is 2.33. The second-order valence-corrected chi connectivity index (χ2v) is 4.22. The molecule has 5 heteroatoms. The van der Waals surface area contributed by atoms with Crippen molar-refractivity contribution in [1.29, 1.82) is 0 Å². The molecule has 2 rings (SSSR count). The largest absolute Gasteiger partial charge is 0.497 e. The van der Waals surface area contributed by atoms with Crippen LogP contribution in [-0.4, -0.2) is 25.3 Å². The van der Waals surface area contributed by atoms with Crippen LogP contribution in [0.1, 0.15) is 13.3 Å². The van der Waals surface area contributed by atoms with Gasteiger partial charge in [0.2, 0.25) is 0 Å². The van der Waals surface area contributed by atoms with Gasteiger partial charge in [0.25, 0.3) is 5.91 Å². The molecule has 0 aromatic heterocycles. The van der Waals surface area contributed by atoms with Crippen molar-refractivity contribution in [1.82, 2.24) is 0 Å². The number of methoxy groups -OCH3 is 1. The standard InChI is InChI=1S/C13H17N3O2/c1-9-12(6-7-14)13(17)16(15-9)10-4-3-5-11(8-10)18-2/h3-5,8,12H,6-7,14H2,1-2H3. The van der Waals surface area contributed by atoms with E-state index >= 15 is 0 Å². The van der Waals surface area contributed by atoms with Gasteiger partial charge < -0.3 is 10.5 Å². The third-order valence-corrected chi connectivity index (χ3v) is 3.02. The molecule has 1 heterocycles. The number of nitrogens with zero attached hydrogens (tertiary/aromatic N) is 2. The topological polar surface area (TPSA) is 67.9 Å². The first-order valence-corrected chi connectivity index (χ1v) is 5.90. The van der Waals surface area contributed by atoms with Crippen LogP contribution in [0.3, 0.4) is 0 Å². The van der Waals surface area contributed by atoms with Gasteiger partial charge in [0, 0.05) is 11.8 Å². The summed E-state index contributed by atoms with van der Waals surface area (Å²) in [6, 6.07) is 7.29. The zero-order valence-corrected chi connectivity index (χ0v) is 10.6. The van der Waals surface area contributed by atoms with E-state index in [0.717, 1.165) is 11.4 Å². The fourth-order valence-electron chi connectivity index (χ4n) is 2.03. The second-order valence-electron chi connectivity index (χ2n) is 4.22. The van der Waals surface area contributed by atoms with Crippen LogP contribution in [0.15, 0.2) is 29.4 Å². The van der Waals surface area contributed by atoms with Crippen LogP contribution < -0.4 is 15.5 Å². The van der Waals surface area contributed by atoms with Crippen molar-refractivity contribution in [2.24, 2.45) is 16.8 Å². The molecule has 2 N–H and O–H groups in total. The van der Waals surface area contributed by atoms with Crippen molar-refractivity contribution < 1.29 is 9.53 Å². The van der Waals surface area contributed by atoms with Crippen molar-refractivity contribution in [2.75, 3.05) is 18.7 Å². The van der Waals surface area contributed by atoms with E-state index in [9.17, 15) is 4.79 Å². The van der Waals surface area contributed by atoms with Crippen LogP contribution >= 0.6 is 0 Å². The molecule has 1 amide bonds. The lowest BCUT2D eigenvalue weighted by Gasteiger charge is -2.14. The second kappa shape index (κ2) is 5.18. The van der Waals surface area contributed by atoms with Gasteiger partial charge in [0.05, 0.1) is 18.7 Å². The molecule has 1 aromatic carbocycles. The number of carbonyl (C=O) groups is 1. The summed E-state index contributed by atoms with van der Waals surface area (Å²) in [6.07, 6.45) is 0.634. The van der Waals surface area contributed by atoms with Crippen molar-refractivity contribution in [3.63, 3.8) is 0 Å². The van der Waals surface area contributed by atoms with Crippen molar-refractivity contribution in [3.8, 4) is 5.75 Å². The Bertz CT molecular complexity index is 485. The van der Waals surface area contributed by atoms with Crippen LogP contribution in [-0.2, 0) is 4.79 Å². The van der Waals surface area contributed by atoms with Gasteiger partial charge in [-0.15, -0.1) is 0 Å². The minimum absolute atomic E-state index is 0.0220. The number of nitrogens with two attached hydrogens (primary N) is 1. The maximum absolute atomic E-state index is 12.2. The normalized spacial score (nSPS) is 19.1. The monoisotopic (exact) mass is 247 g/mol. The lowest BCUT2D eigenvalue weighted by molar-refractivity contribution is -0.119. The fraction of sp³-hybridized carbons (Fsp3) is 0.385. The van der Waals surface area contributed by atoms with E-state index in [1.165, 1.54) is 5.01 Å². The number of rotatable bonds is 4. The van der Waals surface area contributed by atoms with Crippen LogP contribution in [0, 0.1) is 5.92 Å². The van der Waals surface area contributed by atoms with Gasteiger partial charge in [0.15, 0.2) is 0 Å². The van der Waals surface area contributed by atoms with Crippen LogP contribution in [0.2, 0.25) is 0 Å². The Balaban J connectivity index is 2.27. The molecule has 96 valence electrons. The first kappa shape index (κ1) is 12.6. The summed E-state index contributed by atoms with van der Waals surface area (Å²) in [5, 5.41) is 5.73. The van der Waals surface area contributed by atoms with Crippen molar-refractivity contribution in [3.05, 3.63) is 24.3 Å². The Labute approximate surface area is 106 Å². The highest BCUT2D eigenvalue weighted by Crippen LogP contribution is 2.27. The van der Waals surface area contributed by atoms with Crippen LogP contribution in [0.5, 0.6) is 5.75 Å². The molecule has 0 saturated heterocycles. The molecule has 1 aliphatic rings. The Morgan fingerprint density at radius 3 is 2.94 bits per heavy atom. The maximum Gasteiger partial charge on any atom is 0.256 e. The van der Waals surface area contributed by atoms with Gasteiger partial charge in [-0.05, 0) is 32.0 Å². The average Bonchev–Trinajstić information content (AvgIpc) is 2.67. The Morgan fingerprint density at radius 2 is 2.28 bits per heavy atom. The van der Waals surface area contributed by atoms with E-state index in [1.54, 1.807) is 13.2 Å². The lowest BCUT2D eigenvalue weighted by atomic mass is 10.0. The van der Waals surface area contributed by atoms with E-state index in [0.29, 0.717) is 18.7 Å². The molecule has 1 unspecified atom stereocenters. The van der Waals surface area contributed by atoms with E-state index in [4.69, 9.17) is 10.5 Å². The zero-order chi connectivity index (χ0) is 13.1. The number of ether oxygens (including phenoxy) is 1. The van der Waals surface area contributed by atoms with Crippen LogP contribution in [0.25, 0.3) is 0 Å². The molecular formula is C13H17N3O2. The third kappa shape index (κ3) is 2.22. The summed E-state index contributed by atoms with van der Waals surface area (Å²) in [7, 11) is 1.59. The summed E-state index contributed by atoms with van der Waals surface area (Å²) in [5.74, 6) is 0.489. The highest BCUT2D eigenvalue weighted by molar-refractivity contribution is 6.14. The summed E-state index contributed by atoms with van der Waals surface area (Å²) in [6.45, 7) is 2.34. The summed E-state index contributed by atoms with van der Waals surface area (Å²) in [5.41, 5.74) is 7.05. The average molecular weight is 247 g/mol. The molecule has 1 aromatic rings. The van der Waals surface area contributed by atoms with Crippen LogP contribution in [0.4, 0.5) is 5.69 Å².